The molecule has 4 heterocycles. The van der Waals surface area contributed by atoms with Crippen molar-refractivity contribution in [3.8, 4) is 5.75 Å². The van der Waals surface area contributed by atoms with Gasteiger partial charge in [-0.15, -0.1) is 13.2 Å². The average Bonchev–Trinajstić information content (AvgIpc) is 3.50. The fourth-order valence-electron chi connectivity index (χ4n) is 7.56. The first-order valence-corrected chi connectivity index (χ1v) is 19.2. The Morgan fingerprint density at radius 2 is 1.48 bits per heavy atom. The third-order valence-corrected chi connectivity index (χ3v) is 12.2. The van der Waals surface area contributed by atoms with Crippen LogP contribution in [0, 0.1) is 13.8 Å². The van der Waals surface area contributed by atoms with E-state index in [2.05, 4.69) is 20.4 Å². The van der Waals surface area contributed by atoms with E-state index in [1.807, 2.05) is 13.8 Å². The molecule has 0 aliphatic carbocycles. The highest BCUT2D eigenvalue weighted by Crippen LogP contribution is 2.39. The van der Waals surface area contributed by atoms with Gasteiger partial charge in [0.05, 0.1) is 5.75 Å². The number of rotatable bonds is 7. The number of sulfonamides is 1. The molecule has 292 valence electrons. The van der Waals surface area contributed by atoms with Crippen LogP contribution in [-0.2, 0) is 30.8 Å². The molecule has 0 atom stereocenters. The van der Waals surface area contributed by atoms with Gasteiger partial charge in [0, 0.05) is 37.4 Å². The Labute approximate surface area is 311 Å². The van der Waals surface area contributed by atoms with Gasteiger partial charge in [-0.2, -0.15) is 0 Å². The fraction of sp³-hybridized carbons (Fsp3) is 0.528. The summed E-state index contributed by atoms with van der Waals surface area (Å²) in [5.41, 5.74) is 0.0836. The zero-order valence-corrected chi connectivity index (χ0v) is 31.4. The van der Waals surface area contributed by atoms with E-state index >= 15 is 0 Å². The van der Waals surface area contributed by atoms with Crippen molar-refractivity contribution >= 4 is 45.5 Å². The zero-order chi connectivity index (χ0) is 39.4. The number of hydrogen-bond acceptors (Lipinski definition) is 9. The van der Waals surface area contributed by atoms with E-state index in [1.54, 1.807) is 32.9 Å². The first-order valence-electron chi connectivity index (χ1n) is 17.6. The number of aryl methyl sites for hydroxylation is 2. The lowest BCUT2D eigenvalue weighted by Crippen LogP contribution is -2.58. The van der Waals surface area contributed by atoms with Crippen LogP contribution < -0.4 is 20.3 Å². The van der Waals surface area contributed by atoms with E-state index < -0.39 is 62.8 Å². The van der Waals surface area contributed by atoms with E-state index in [1.165, 1.54) is 26.2 Å². The second-order valence-electron chi connectivity index (χ2n) is 15.1. The number of carbonyl (C=O) groups is 4. The van der Waals surface area contributed by atoms with Crippen LogP contribution in [-0.4, -0.2) is 102 Å². The van der Waals surface area contributed by atoms with Crippen molar-refractivity contribution in [1.29, 1.82) is 0 Å². The highest BCUT2D eigenvalue weighted by atomic mass is 32.2. The summed E-state index contributed by atoms with van der Waals surface area (Å²) in [4.78, 5) is 59.7. The number of halogens is 3. The molecule has 54 heavy (non-hydrogen) atoms. The standard InChI is InChI=1S/C36H43F3N6O8S/c1-22-20-25(45-31(48)41-30(47)35(45)13-15-43(16-14-35)32(49)53-33(3,4)5)21-23(2)27(22)10-19-54(50,51)44-17-11-34(12-18-44)29(46)40-28(42-34)24-6-8-26(9-7-24)52-36(37,38)39/h6-9,20-21H,10-19H2,1-5H3,(H,40,42,46)(H,41,47,48). The molecule has 0 bridgehead atoms. The molecule has 0 aromatic heterocycles. The Balaban J connectivity index is 1.09. The minimum absolute atomic E-state index is 0.0489. The lowest BCUT2D eigenvalue weighted by Gasteiger charge is -2.42. The van der Waals surface area contributed by atoms with Crippen LogP contribution in [0.4, 0.5) is 28.4 Å². The summed E-state index contributed by atoms with van der Waals surface area (Å²) in [7, 11) is -3.77. The highest BCUT2D eigenvalue weighted by molar-refractivity contribution is 7.89. The second kappa shape index (κ2) is 13.9. The summed E-state index contributed by atoms with van der Waals surface area (Å²) in [6, 6.07) is 7.91. The Morgan fingerprint density at radius 1 is 0.889 bits per heavy atom. The minimum Gasteiger partial charge on any atom is -0.444 e. The molecule has 0 saturated carbocycles. The molecular formula is C36H43F3N6O8S. The van der Waals surface area contributed by atoms with Crippen LogP contribution in [0.2, 0.25) is 0 Å². The molecular weight excluding hydrogens is 733 g/mol. The van der Waals surface area contributed by atoms with Crippen molar-refractivity contribution in [2.75, 3.05) is 36.8 Å². The molecule has 2 aromatic carbocycles. The number of ether oxygens (including phenoxy) is 2. The number of nitrogens with zero attached hydrogens (tertiary/aromatic N) is 4. The lowest BCUT2D eigenvalue weighted by molar-refractivity contribution is -0.274. The summed E-state index contributed by atoms with van der Waals surface area (Å²) in [5.74, 6) is -1.27. The van der Waals surface area contributed by atoms with Gasteiger partial charge < -0.3 is 19.7 Å². The summed E-state index contributed by atoms with van der Waals surface area (Å²) < 4.78 is 75.5. The van der Waals surface area contributed by atoms with Crippen LogP contribution in [0.5, 0.6) is 5.75 Å². The number of alkyl halides is 3. The van der Waals surface area contributed by atoms with Crippen molar-refractivity contribution in [2.45, 2.75) is 89.8 Å². The topological polar surface area (TPSA) is 167 Å². The number of piperidine rings is 2. The summed E-state index contributed by atoms with van der Waals surface area (Å²) >= 11 is 0. The number of amides is 5. The van der Waals surface area contributed by atoms with Gasteiger partial charge >= 0.3 is 18.5 Å². The number of carbonyl (C=O) groups excluding carboxylic acids is 4. The number of anilines is 1. The van der Waals surface area contributed by atoms with E-state index in [-0.39, 0.29) is 69.9 Å². The van der Waals surface area contributed by atoms with Crippen molar-refractivity contribution in [2.24, 2.45) is 4.99 Å². The molecule has 18 heteroatoms. The van der Waals surface area contributed by atoms with Gasteiger partial charge in [0.1, 0.15) is 28.3 Å². The molecule has 2 N–H and O–H groups in total. The van der Waals surface area contributed by atoms with E-state index in [4.69, 9.17) is 4.74 Å². The Hall–Kier alpha value is -4.71. The number of hydrogen-bond donors (Lipinski definition) is 2. The van der Waals surface area contributed by atoms with Crippen LogP contribution in [0.1, 0.15) is 68.7 Å². The first-order chi connectivity index (χ1) is 25.1. The predicted octanol–water partition coefficient (Wildman–Crippen LogP) is 4.31. The molecule has 2 spiro atoms. The van der Waals surface area contributed by atoms with Gasteiger partial charge in [0.15, 0.2) is 0 Å². The SMILES string of the molecule is Cc1cc(N2C(=O)NC(=O)C23CCN(C(=O)OC(C)(C)C)CC3)cc(C)c1CCS(=O)(=O)N1CCC2(CC1)N=C(c1ccc(OC(F)(F)F)cc1)NC2=O. The Kier molecular flexibility index (Phi) is 10.0. The zero-order valence-electron chi connectivity index (χ0n) is 30.6. The molecule has 0 unspecified atom stereocenters. The molecule has 3 fully saturated rings. The highest BCUT2D eigenvalue weighted by Gasteiger charge is 2.55. The average molecular weight is 777 g/mol. The molecule has 6 rings (SSSR count). The van der Waals surface area contributed by atoms with Gasteiger partial charge in [-0.1, -0.05) is 0 Å². The van der Waals surface area contributed by atoms with Crippen molar-refractivity contribution in [3.63, 3.8) is 0 Å². The molecule has 14 nitrogen and oxygen atoms in total. The molecule has 5 amide bonds. The van der Waals surface area contributed by atoms with Gasteiger partial charge in [0.25, 0.3) is 11.8 Å². The summed E-state index contributed by atoms with van der Waals surface area (Å²) in [6.45, 7) is 9.49. The maximum Gasteiger partial charge on any atom is 0.573 e. The third kappa shape index (κ3) is 7.76. The fourth-order valence-corrected chi connectivity index (χ4v) is 9.02. The number of aliphatic imine (C=N–C) groups is 1. The first kappa shape index (κ1) is 39.0. The molecule has 4 aliphatic heterocycles. The normalized spacial score (nSPS) is 20.3. The molecule has 2 aromatic rings. The number of benzene rings is 2. The van der Waals surface area contributed by atoms with Crippen molar-refractivity contribution in [1.82, 2.24) is 19.8 Å². The largest absolute Gasteiger partial charge is 0.573 e. The van der Waals surface area contributed by atoms with E-state index in [0.717, 1.165) is 28.8 Å². The Morgan fingerprint density at radius 3 is 2.04 bits per heavy atom. The second-order valence-corrected chi connectivity index (χ2v) is 17.2. The van der Waals surface area contributed by atoms with Crippen LogP contribution in [0.15, 0.2) is 41.4 Å². The van der Waals surface area contributed by atoms with Gasteiger partial charge in [-0.05, 0) is 120 Å². The maximum atomic E-state index is 13.6. The lowest BCUT2D eigenvalue weighted by atomic mass is 9.85. The summed E-state index contributed by atoms with van der Waals surface area (Å²) in [6.07, 6.45) is -4.48. The van der Waals surface area contributed by atoms with Gasteiger partial charge in [-0.3, -0.25) is 24.8 Å². The number of urea groups is 1. The van der Waals surface area contributed by atoms with Crippen molar-refractivity contribution in [3.05, 3.63) is 58.7 Å². The smallest absolute Gasteiger partial charge is 0.444 e. The van der Waals surface area contributed by atoms with E-state index in [0.29, 0.717) is 11.3 Å². The number of imide groups is 1. The predicted molar refractivity (Wildman–Crippen MR) is 191 cm³/mol. The monoisotopic (exact) mass is 776 g/mol. The molecule has 3 saturated heterocycles. The van der Waals surface area contributed by atoms with Crippen LogP contribution >= 0.6 is 0 Å². The summed E-state index contributed by atoms with van der Waals surface area (Å²) in [5, 5.41) is 5.13. The molecule has 0 radical (unpaired) electrons. The van der Waals surface area contributed by atoms with Gasteiger partial charge in [0.2, 0.25) is 10.0 Å². The quantitative estimate of drug-likeness (QED) is 0.393. The number of likely N-dealkylation sites (tertiary alicyclic amines) is 1. The van der Waals surface area contributed by atoms with Gasteiger partial charge in [-0.25, -0.2) is 22.3 Å². The van der Waals surface area contributed by atoms with Crippen LogP contribution in [0.3, 0.4) is 0 Å². The minimum atomic E-state index is -4.84. The molecule has 4 aliphatic rings. The third-order valence-electron chi connectivity index (χ3n) is 10.4. The van der Waals surface area contributed by atoms with Crippen LogP contribution in [0.25, 0.3) is 0 Å². The number of amidine groups is 1. The maximum absolute atomic E-state index is 13.6. The van der Waals surface area contributed by atoms with E-state index in [9.17, 15) is 40.8 Å². The Bertz CT molecular complexity index is 1970. The van der Waals surface area contributed by atoms with Crippen molar-refractivity contribution < 1.29 is 50.2 Å². The number of nitrogens with one attached hydrogen (secondary N) is 2.